The van der Waals surface area contributed by atoms with E-state index in [-0.39, 0.29) is 54.3 Å². The zero-order chi connectivity index (χ0) is 31.2. The maximum atomic E-state index is 13.8. The van der Waals surface area contributed by atoms with E-state index >= 15 is 0 Å². The minimum atomic E-state index is -0.493. The van der Waals surface area contributed by atoms with Crippen molar-refractivity contribution in [2.45, 2.75) is 64.1 Å². The number of ether oxygens (including phenoxy) is 1. The zero-order valence-electron chi connectivity index (χ0n) is 25.5. The van der Waals surface area contributed by atoms with Crippen LogP contribution in [-0.2, 0) is 0 Å². The second-order valence-electron chi connectivity index (χ2n) is 11.8. The molecule has 0 spiro atoms. The summed E-state index contributed by atoms with van der Waals surface area (Å²) >= 11 is 1.52. The molecule has 11 heteroatoms. The molecule has 1 aromatic heterocycles. The first kappa shape index (κ1) is 31.5. The average molecular weight is 620 g/mol. The average Bonchev–Trinajstić information content (AvgIpc) is 3.58. The van der Waals surface area contributed by atoms with Crippen molar-refractivity contribution in [3.8, 4) is 16.3 Å². The number of aliphatic hydroxyl groups is 1. The molecule has 2 aromatic carbocycles. The topological polar surface area (TPSA) is 124 Å². The smallest absolute Gasteiger partial charge is 0.317 e. The fourth-order valence-corrected chi connectivity index (χ4v) is 6.41. The molecule has 1 fully saturated rings. The summed E-state index contributed by atoms with van der Waals surface area (Å²) in [5, 5.41) is 18.8. The van der Waals surface area contributed by atoms with Crippen LogP contribution in [0.3, 0.4) is 0 Å². The van der Waals surface area contributed by atoms with Gasteiger partial charge in [-0.05, 0) is 44.0 Å². The van der Waals surface area contributed by atoms with Gasteiger partial charge in [0, 0.05) is 48.3 Å². The molecular formula is C33H41N5O5S. The number of nitrogens with one attached hydrogen (secondary N) is 2. The maximum Gasteiger partial charge on any atom is 0.317 e. The fourth-order valence-electron chi connectivity index (χ4n) is 5.77. The normalized spacial score (nSPS) is 19.6. The van der Waals surface area contributed by atoms with E-state index in [9.17, 15) is 19.5 Å². The molecule has 0 unspecified atom stereocenters. The number of amides is 4. The van der Waals surface area contributed by atoms with E-state index in [1.165, 1.54) is 17.8 Å². The van der Waals surface area contributed by atoms with Crippen molar-refractivity contribution < 1.29 is 24.2 Å². The Labute approximate surface area is 262 Å². The van der Waals surface area contributed by atoms with Gasteiger partial charge in [0.1, 0.15) is 11.1 Å². The summed E-state index contributed by atoms with van der Waals surface area (Å²) < 4.78 is 6.57. The molecule has 0 saturated heterocycles. The molecule has 1 saturated carbocycles. The molecule has 44 heavy (non-hydrogen) atoms. The number of aromatic nitrogens is 1. The van der Waals surface area contributed by atoms with Crippen LogP contribution in [0.15, 0.2) is 54.0 Å². The highest BCUT2D eigenvalue weighted by Crippen LogP contribution is 2.35. The monoisotopic (exact) mass is 619 g/mol. The third-order valence-corrected chi connectivity index (χ3v) is 9.32. The van der Waals surface area contributed by atoms with Crippen LogP contribution in [0.4, 0.5) is 10.5 Å². The van der Waals surface area contributed by atoms with Gasteiger partial charge in [0.25, 0.3) is 11.8 Å². The van der Waals surface area contributed by atoms with Gasteiger partial charge in [-0.25, -0.2) is 9.78 Å². The van der Waals surface area contributed by atoms with Crippen LogP contribution in [0, 0.1) is 5.92 Å². The van der Waals surface area contributed by atoms with Crippen molar-refractivity contribution in [1.29, 1.82) is 0 Å². The van der Waals surface area contributed by atoms with Gasteiger partial charge in [-0.15, -0.1) is 11.3 Å². The lowest BCUT2D eigenvalue weighted by molar-refractivity contribution is 0.0367. The van der Waals surface area contributed by atoms with Crippen molar-refractivity contribution in [3.05, 3.63) is 65.2 Å². The third-order valence-electron chi connectivity index (χ3n) is 8.50. The molecular weight excluding hydrogens is 578 g/mol. The van der Waals surface area contributed by atoms with Crippen LogP contribution in [0.1, 0.15) is 66.7 Å². The quantitative estimate of drug-likeness (QED) is 0.316. The zero-order valence-corrected chi connectivity index (χ0v) is 26.3. The number of hydrogen-bond acceptors (Lipinski definition) is 7. The third kappa shape index (κ3) is 7.22. The number of anilines is 1. The van der Waals surface area contributed by atoms with E-state index in [2.05, 4.69) is 15.6 Å². The number of rotatable bonds is 8. The maximum absolute atomic E-state index is 13.8. The number of para-hydroxylation sites is 1. The van der Waals surface area contributed by atoms with Gasteiger partial charge in [-0.1, -0.05) is 44.4 Å². The van der Waals surface area contributed by atoms with E-state index < -0.39 is 12.1 Å². The number of carbonyl (C=O) groups is 3. The largest absolute Gasteiger partial charge is 0.485 e. The lowest BCUT2D eigenvalue weighted by Gasteiger charge is -2.38. The van der Waals surface area contributed by atoms with Crippen molar-refractivity contribution in [3.63, 3.8) is 0 Å². The first-order valence-electron chi connectivity index (χ1n) is 15.3. The van der Waals surface area contributed by atoms with Crippen LogP contribution >= 0.6 is 11.3 Å². The molecule has 5 rings (SSSR count). The van der Waals surface area contributed by atoms with Crippen molar-refractivity contribution in [2.24, 2.45) is 5.92 Å². The minimum absolute atomic E-state index is 0.158. The van der Waals surface area contributed by atoms with Crippen LogP contribution < -0.4 is 15.4 Å². The van der Waals surface area contributed by atoms with E-state index in [0.29, 0.717) is 17.8 Å². The second-order valence-corrected chi connectivity index (χ2v) is 12.7. The number of benzene rings is 2. The van der Waals surface area contributed by atoms with Gasteiger partial charge in [0.2, 0.25) is 0 Å². The van der Waals surface area contributed by atoms with Crippen LogP contribution in [0.5, 0.6) is 5.75 Å². The molecule has 0 radical (unpaired) electrons. The summed E-state index contributed by atoms with van der Waals surface area (Å²) in [6.45, 7) is 4.18. The van der Waals surface area contributed by atoms with Gasteiger partial charge in [-0.2, -0.15) is 0 Å². The Hall–Kier alpha value is -3.96. The SMILES string of the molecule is C[C@H](CO)N1C[C@H](C)[C@H](CN(C)C(=O)NC2CCCCC2)Oc2c(NC(=O)c3ccc(-c4nccs4)cc3)cccc2C1=O. The lowest BCUT2D eigenvalue weighted by atomic mass is 9.96. The molecule has 3 atom stereocenters. The van der Waals surface area contributed by atoms with Crippen LogP contribution in [0.2, 0.25) is 0 Å². The molecule has 3 aromatic rings. The van der Waals surface area contributed by atoms with Crippen LogP contribution in [0.25, 0.3) is 10.6 Å². The predicted octanol–water partition coefficient (Wildman–Crippen LogP) is 5.26. The standard InChI is InChI=1S/C33H41N5O5S/c1-21-18-38(22(2)20-39)32(41)26-10-7-11-27(36-30(40)23-12-14-24(15-13-23)31-34-16-17-44-31)29(26)43-28(21)19-37(3)33(42)35-25-8-5-4-6-9-25/h7,10-17,21-22,25,28,39H,4-6,8-9,18-20H2,1-3H3,(H,35,42)(H,36,40)/t21-,22+,28-/m0/s1. The second kappa shape index (κ2) is 14.2. The summed E-state index contributed by atoms with van der Waals surface area (Å²) in [6, 6.07) is 11.8. The number of hydrogen-bond donors (Lipinski definition) is 3. The molecule has 10 nitrogen and oxygen atoms in total. The Morgan fingerprint density at radius 3 is 2.59 bits per heavy atom. The lowest BCUT2D eigenvalue weighted by Crippen LogP contribution is -2.52. The molecule has 1 aliphatic carbocycles. The Kier molecular flexibility index (Phi) is 10.2. The molecule has 1 aliphatic heterocycles. The van der Waals surface area contributed by atoms with E-state index in [1.807, 2.05) is 24.4 Å². The van der Waals surface area contributed by atoms with Crippen molar-refractivity contribution >= 4 is 34.9 Å². The Balaban J connectivity index is 1.40. The van der Waals surface area contributed by atoms with Gasteiger partial charge in [0.05, 0.1) is 30.4 Å². The minimum Gasteiger partial charge on any atom is -0.485 e. The Bertz CT molecular complexity index is 1440. The molecule has 234 valence electrons. The predicted molar refractivity (Wildman–Crippen MR) is 171 cm³/mol. The van der Waals surface area contributed by atoms with Gasteiger partial charge in [0.15, 0.2) is 5.75 Å². The number of urea groups is 1. The van der Waals surface area contributed by atoms with Gasteiger partial charge in [-0.3, -0.25) is 9.59 Å². The van der Waals surface area contributed by atoms with Crippen molar-refractivity contribution in [2.75, 3.05) is 32.1 Å². The first-order chi connectivity index (χ1) is 21.2. The number of carbonyl (C=O) groups excluding carboxylic acids is 3. The molecule has 4 amide bonds. The summed E-state index contributed by atoms with van der Waals surface area (Å²) in [6.07, 6.45) is 6.65. The molecule has 2 heterocycles. The van der Waals surface area contributed by atoms with Crippen molar-refractivity contribution in [1.82, 2.24) is 20.1 Å². The van der Waals surface area contributed by atoms with E-state index in [1.54, 1.807) is 60.3 Å². The van der Waals surface area contributed by atoms with E-state index in [4.69, 9.17) is 4.74 Å². The summed E-state index contributed by atoms with van der Waals surface area (Å²) in [7, 11) is 1.75. The molecule has 0 bridgehead atoms. The van der Waals surface area contributed by atoms with E-state index in [0.717, 1.165) is 36.3 Å². The number of nitrogens with zero attached hydrogens (tertiary/aromatic N) is 3. The number of fused-ring (bicyclic) bond motifs is 1. The highest BCUT2D eigenvalue weighted by molar-refractivity contribution is 7.13. The highest BCUT2D eigenvalue weighted by atomic mass is 32.1. The highest BCUT2D eigenvalue weighted by Gasteiger charge is 2.35. The summed E-state index contributed by atoms with van der Waals surface area (Å²) in [4.78, 5) is 47.9. The van der Waals surface area contributed by atoms with Crippen LogP contribution in [-0.4, -0.2) is 82.7 Å². The summed E-state index contributed by atoms with van der Waals surface area (Å²) in [5.41, 5.74) is 2.00. The Morgan fingerprint density at radius 2 is 1.91 bits per heavy atom. The number of thiazole rings is 1. The van der Waals surface area contributed by atoms with Gasteiger partial charge >= 0.3 is 6.03 Å². The number of likely N-dealkylation sites (N-methyl/N-ethyl adjacent to an activating group) is 1. The fraction of sp³-hybridized carbons (Fsp3) is 0.455. The molecule has 3 N–H and O–H groups in total. The summed E-state index contributed by atoms with van der Waals surface area (Å²) in [5.74, 6) is -0.582. The molecule has 2 aliphatic rings. The van der Waals surface area contributed by atoms with Gasteiger partial charge < -0.3 is 30.3 Å². The number of aliphatic hydroxyl groups excluding tert-OH is 1. The first-order valence-corrected chi connectivity index (χ1v) is 16.2. The Morgan fingerprint density at radius 1 is 1.16 bits per heavy atom.